The van der Waals surface area contributed by atoms with E-state index in [1.54, 1.807) is 13.0 Å². The van der Waals surface area contributed by atoms with Crippen LogP contribution in [0.1, 0.15) is 11.3 Å². The van der Waals surface area contributed by atoms with Gasteiger partial charge in [-0.1, -0.05) is 12.1 Å². The summed E-state index contributed by atoms with van der Waals surface area (Å²) in [6.45, 7) is 1.71. The predicted octanol–water partition coefficient (Wildman–Crippen LogP) is 2.83. The van der Waals surface area contributed by atoms with Gasteiger partial charge in [0.15, 0.2) is 5.65 Å². The van der Waals surface area contributed by atoms with Crippen molar-refractivity contribution < 1.29 is 14.1 Å². The van der Waals surface area contributed by atoms with Gasteiger partial charge in [-0.2, -0.15) is 19.9 Å². The first-order chi connectivity index (χ1) is 17.3. The molecule has 0 aliphatic carbocycles. The monoisotopic (exact) mass is 488 g/mol. The maximum atomic E-state index is 13.4. The minimum Gasteiger partial charge on any atom is -0.310 e. The van der Waals surface area contributed by atoms with E-state index < -0.39 is 22.2 Å². The van der Waals surface area contributed by atoms with E-state index in [9.17, 15) is 24.1 Å². The summed E-state index contributed by atoms with van der Waals surface area (Å²) in [6, 6.07) is 12.8. The molecule has 12 nitrogen and oxygen atoms in total. The number of non-ortho nitro benzene ring substituents is 1. The number of nitrogens with zero attached hydrogens (tertiary/aromatic N) is 6. The number of nitrogens with one attached hydrogen (secondary N) is 2. The van der Waals surface area contributed by atoms with E-state index >= 15 is 0 Å². The van der Waals surface area contributed by atoms with Gasteiger partial charge in [0, 0.05) is 18.2 Å². The van der Waals surface area contributed by atoms with Gasteiger partial charge in [0.2, 0.25) is 11.9 Å². The largest absolute Gasteiger partial charge is 0.310 e. The number of fused-ring (bicyclic) bond motifs is 1. The number of carbonyl (C=O) groups excluding carboxylic acids is 1. The van der Waals surface area contributed by atoms with Crippen molar-refractivity contribution in [3.63, 3.8) is 0 Å². The van der Waals surface area contributed by atoms with Crippen LogP contribution in [0.3, 0.4) is 0 Å². The highest BCUT2D eigenvalue weighted by atomic mass is 19.1. The Morgan fingerprint density at radius 1 is 1.14 bits per heavy atom. The van der Waals surface area contributed by atoms with Crippen molar-refractivity contribution in [2.45, 2.75) is 13.3 Å². The summed E-state index contributed by atoms with van der Waals surface area (Å²) >= 11 is 0. The lowest BCUT2D eigenvalue weighted by atomic mass is 10.1. The molecule has 3 aromatic heterocycles. The number of rotatable bonds is 6. The summed E-state index contributed by atoms with van der Waals surface area (Å²) in [4.78, 5) is 42.9. The first kappa shape index (κ1) is 22.6. The summed E-state index contributed by atoms with van der Waals surface area (Å²) in [6.07, 6.45) is 1.32. The number of halogens is 1. The number of aryl methyl sites for hydroxylation is 1. The van der Waals surface area contributed by atoms with Crippen molar-refractivity contribution in [3.8, 4) is 11.6 Å². The molecule has 0 fully saturated rings. The van der Waals surface area contributed by atoms with Crippen LogP contribution in [0.2, 0.25) is 0 Å². The highest BCUT2D eigenvalue weighted by molar-refractivity contribution is 5.91. The van der Waals surface area contributed by atoms with E-state index in [0.29, 0.717) is 16.9 Å². The molecule has 3 heterocycles. The van der Waals surface area contributed by atoms with Crippen LogP contribution in [0.25, 0.3) is 22.7 Å². The normalized spacial score (nSPS) is 11.1. The highest BCUT2D eigenvalue weighted by Gasteiger charge is 2.17. The minimum absolute atomic E-state index is 0.0371. The average Bonchev–Trinajstić information content (AvgIpc) is 3.43. The second-order valence-electron chi connectivity index (χ2n) is 7.89. The number of hydrogen-bond acceptors (Lipinski definition) is 7. The first-order valence-electron chi connectivity index (χ1n) is 10.6. The smallest absolute Gasteiger partial charge is 0.269 e. The van der Waals surface area contributed by atoms with Crippen molar-refractivity contribution >= 4 is 28.4 Å². The molecule has 0 saturated carbocycles. The molecule has 5 rings (SSSR count). The van der Waals surface area contributed by atoms with Gasteiger partial charge in [0.25, 0.3) is 11.2 Å². The van der Waals surface area contributed by atoms with Crippen LogP contribution in [0.5, 0.6) is 0 Å². The Bertz CT molecular complexity index is 1670. The van der Waals surface area contributed by atoms with E-state index in [-0.39, 0.29) is 34.9 Å². The second-order valence-corrected chi connectivity index (χ2v) is 7.89. The Kier molecular flexibility index (Phi) is 5.56. The summed E-state index contributed by atoms with van der Waals surface area (Å²) in [7, 11) is 0. The molecule has 36 heavy (non-hydrogen) atoms. The number of H-pyrrole nitrogens is 1. The Balaban J connectivity index is 1.47. The third-order valence-corrected chi connectivity index (χ3v) is 5.31. The Labute approximate surface area is 201 Å². The molecule has 180 valence electrons. The number of anilines is 1. The molecule has 2 N–H and O–H groups in total. The molecule has 5 aromatic rings. The number of nitro groups is 1. The maximum Gasteiger partial charge on any atom is 0.269 e. The van der Waals surface area contributed by atoms with Crippen LogP contribution >= 0.6 is 0 Å². The third kappa shape index (κ3) is 4.32. The van der Waals surface area contributed by atoms with Gasteiger partial charge >= 0.3 is 0 Å². The van der Waals surface area contributed by atoms with Gasteiger partial charge in [0.1, 0.15) is 17.0 Å². The fourth-order valence-corrected chi connectivity index (χ4v) is 3.64. The Hall–Kier alpha value is -5.20. The number of aromatic nitrogens is 6. The lowest BCUT2D eigenvalue weighted by molar-refractivity contribution is -0.384. The van der Waals surface area contributed by atoms with Gasteiger partial charge in [-0.05, 0) is 36.8 Å². The number of amides is 1. The molecule has 0 unspecified atom stereocenters. The van der Waals surface area contributed by atoms with Gasteiger partial charge in [0.05, 0.1) is 28.9 Å². The van der Waals surface area contributed by atoms with Crippen LogP contribution < -0.4 is 10.9 Å². The van der Waals surface area contributed by atoms with E-state index in [1.807, 2.05) is 0 Å². The number of hydrogen-bond donors (Lipinski definition) is 2. The minimum atomic E-state index is -0.516. The fourth-order valence-electron chi connectivity index (χ4n) is 3.64. The summed E-state index contributed by atoms with van der Waals surface area (Å²) in [5.41, 5.74) is 1.31. The van der Waals surface area contributed by atoms with Crippen LogP contribution in [0, 0.1) is 22.9 Å². The zero-order chi connectivity index (χ0) is 25.4. The molecule has 0 saturated heterocycles. The lowest BCUT2D eigenvalue weighted by Crippen LogP contribution is -2.20. The molecule has 0 radical (unpaired) electrons. The van der Waals surface area contributed by atoms with Crippen molar-refractivity contribution in [3.05, 3.63) is 98.3 Å². The summed E-state index contributed by atoms with van der Waals surface area (Å²) < 4.78 is 16.0. The highest BCUT2D eigenvalue weighted by Crippen LogP contribution is 2.19. The van der Waals surface area contributed by atoms with Gasteiger partial charge < -0.3 is 5.32 Å². The van der Waals surface area contributed by atoms with Gasteiger partial charge in [-0.3, -0.25) is 24.7 Å². The Morgan fingerprint density at radius 3 is 2.56 bits per heavy atom. The van der Waals surface area contributed by atoms with Crippen LogP contribution in [0.15, 0.2) is 65.6 Å². The van der Waals surface area contributed by atoms with Crippen molar-refractivity contribution in [1.82, 2.24) is 29.5 Å². The average molecular weight is 488 g/mol. The van der Waals surface area contributed by atoms with Crippen molar-refractivity contribution in [2.24, 2.45) is 0 Å². The van der Waals surface area contributed by atoms with Gasteiger partial charge in [-0.15, -0.1) is 0 Å². The van der Waals surface area contributed by atoms with Gasteiger partial charge in [-0.25, -0.2) is 9.07 Å². The van der Waals surface area contributed by atoms with Crippen molar-refractivity contribution in [1.29, 1.82) is 0 Å². The summed E-state index contributed by atoms with van der Waals surface area (Å²) in [5.74, 6) is -0.516. The van der Waals surface area contributed by atoms with Crippen LogP contribution in [0.4, 0.5) is 15.9 Å². The SMILES string of the molecule is Cc1cc(NC(=O)Cc2ccc([N+](=O)[O-])cc2)n(-c2nc3c(cnn3-c3ccc(F)cc3)c(=O)[nH]2)n1. The summed E-state index contributed by atoms with van der Waals surface area (Å²) in [5, 5.41) is 22.3. The molecular formula is C23H17FN8O4. The van der Waals surface area contributed by atoms with E-state index in [0.717, 1.165) is 0 Å². The molecule has 0 atom stereocenters. The first-order valence-corrected chi connectivity index (χ1v) is 10.6. The molecule has 2 aromatic carbocycles. The number of carbonyl (C=O) groups is 1. The fraction of sp³-hybridized carbons (Fsp3) is 0.0870. The zero-order valence-electron chi connectivity index (χ0n) is 18.7. The van der Waals surface area contributed by atoms with E-state index in [1.165, 1.54) is 64.1 Å². The molecular weight excluding hydrogens is 471 g/mol. The van der Waals surface area contributed by atoms with Crippen LogP contribution in [-0.2, 0) is 11.2 Å². The third-order valence-electron chi connectivity index (χ3n) is 5.31. The molecule has 0 bridgehead atoms. The zero-order valence-corrected chi connectivity index (χ0v) is 18.7. The number of aromatic amines is 1. The van der Waals surface area contributed by atoms with E-state index in [2.05, 4.69) is 25.5 Å². The van der Waals surface area contributed by atoms with Crippen molar-refractivity contribution in [2.75, 3.05) is 5.32 Å². The van der Waals surface area contributed by atoms with E-state index in [4.69, 9.17) is 0 Å². The number of nitro benzene ring substituents is 1. The standard InChI is InChI=1S/C23H17FN8O4/c1-13-10-19(26-20(33)11-14-2-6-17(7-3-14)32(35)36)31(29-13)23-27-21-18(22(34)28-23)12-25-30(21)16-8-4-15(24)5-9-16/h2-10,12H,11H2,1H3,(H,26,33)(H,27,28,34). The number of benzene rings is 2. The second kappa shape index (κ2) is 8.87. The topological polar surface area (TPSA) is 154 Å². The molecule has 1 amide bonds. The molecule has 13 heteroatoms. The predicted molar refractivity (Wildman–Crippen MR) is 127 cm³/mol. The molecule has 0 aliphatic rings. The van der Waals surface area contributed by atoms with Crippen LogP contribution in [-0.4, -0.2) is 40.4 Å². The maximum absolute atomic E-state index is 13.4. The lowest BCUT2D eigenvalue weighted by Gasteiger charge is -2.09. The molecule has 0 aliphatic heterocycles. The Morgan fingerprint density at radius 2 is 1.86 bits per heavy atom. The molecule has 0 spiro atoms. The quantitative estimate of drug-likeness (QED) is 0.275.